The number of carbonyl (C=O) groups is 2. The molecule has 0 aliphatic carbocycles. The van der Waals surface area contributed by atoms with Crippen molar-refractivity contribution >= 4 is 21.9 Å². The fourth-order valence-electron chi connectivity index (χ4n) is 2.60. The number of hydrogen-bond acceptors (Lipinski definition) is 6. The van der Waals surface area contributed by atoms with Crippen LogP contribution in [0.1, 0.15) is 40.2 Å². The van der Waals surface area contributed by atoms with Crippen molar-refractivity contribution in [1.29, 1.82) is 0 Å². The highest BCUT2D eigenvalue weighted by atomic mass is 32.2. The smallest absolute Gasteiger partial charge is 0.341 e. The molecule has 27 heavy (non-hydrogen) atoms. The van der Waals surface area contributed by atoms with Gasteiger partial charge >= 0.3 is 5.97 Å². The number of ether oxygens (including phenoxy) is 1. The highest BCUT2D eigenvalue weighted by Gasteiger charge is 2.30. The maximum absolute atomic E-state index is 12.6. The highest BCUT2D eigenvalue weighted by Crippen LogP contribution is 2.24. The first kappa shape index (κ1) is 20.7. The van der Waals surface area contributed by atoms with Gasteiger partial charge in [0.1, 0.15) is 22.0 Å². The molecule has 0 saturated carbocycles. The van der Waals surface area contributed by atoms with Gasteiger partial charge in [0, 0.05) is 11.4 Å². The van der Waals surface area contributed by atoms with Gasteiger partial charge in [0.15, 0.2) is 0 Å². The van der Waals surface area contributed by atoms with Crippen molar-refractivity contribution in [3.8, 4) is 0 Å². The SMILES string of the molecule is CCOC(=O)c1c(C)[nH]c(C)c1S(=O)(=O)NCC(=O)NCc1ccc(C)o1. The number of carbonyl (C=O) groups excluding carboxylic acids is 2. The van der Waals surface area contributed by atoms with Crippen LogP contribution < -0.4 is 10.0 Å². The van der Waals surface area contributed by atoms with Gasteiger partial charge in [-0.1, -0.05) is 0 Å². The summed E-state index contributed by atoms with van der Waals surface area (Å²) in [5.41, 5.74) is 0.604. The van der Waals surface area contributed by atoms with Crippen LogP contribution in [0.15, 0.2) is 21.4 Å². The molecule has 0 bridgehead atoms. The molecule has 2 aromatic heterocycles. The second-order valence-electron chi connectivity index (χ2n) is 5.91. The Morgan fingerprint density at radius 3 is 2.48 bits per heavy atom. The third-order valence-electron chi connectivity index (χ3n) is 3.74. The normalized spacial score (nSPS) is 11.4. The van der Waals surface area contributed by atoms with E-state index in [0.29, 0.717) is 17.2 Å². The molecule has 2 rings (SSSR count). The lowest BCUT2D eigenvalue weighted by molar-refractivity contribution is -0.120. The van der Waals surface area contributed by atoms with Crippen LogP contribution in [0.4, 0.5) is 0 Å². The second-order valence-corrected chi connectivity index (χ2v) is 7.62. The van der Waals surface area contributed by atoms with Crippen molar-refractivity contribution in [1.82, 2.24) is 15.0 Å². The molecule has 2 heterocycles. The van der Waals surface area contributed by atoms with E-state index >= 15 is 0 Å². The van der Waals surface area contributed by atoms with Gasteiger partial charge < -0.3 is 19.5 Å². The van der Waals surface area contributed by atoms with Gasteiger partial charge in [-0.05, 0) is 39.8 Å². The molecule has 1 amide bonds. The van der Waals surface area contributed by atoms with Gasteiger partial charge in [0.25, 0.3) is 0 Å². The molecule has 0 saturated heterocycles. The van der Waals surface area contributed by atoms with Crippen molar-refractivity contribution in [2.75, 3.05) is 13.2 Å². The number of esters is 1. The highest BCUT2D eigenvalue weighted by molar-refractivity contribution is 7.89. The Labute approximate surface area is 157 Å². The molecule has 10 heteroatoms. The topological polar surface area (TPSA) is 130 Å². The van der Waals surface area contributed by atoms with Gasteiger partial charge in [0.05, 0.1) is 19.7 Å². The van der Waals surface area contributed by atoms with Gasteiger partial charge in [-0.25, -0.2) is 17.9 Å². The molecule has 0 aromatic carbocycles. The van der Waals surface area contributed by atoms with Crippen LogP contribution in [0.5, 0.6) is 0 Å². The summed E-state index contributed by atoms with van der Waals surface area (Å²) in [6, 6.07) is 3.48. The predicted molar refractivity (Wildman–Crippen MR) is 96.7 cm³/mol. The number of aryl methyl sites for hydroxylation is 3. The Morgan fingerprint density at radius 1 is 1.19 bits per heavy atom. The number of aromatic amines is 1. The molecule has 0 aliphatic rings. The third-order valence-corrected chi connectivity index (χ3v) is 5.32. The Hall–Kier alpha value is -2.59. The summed E-state index contributed by atoms with van der Waals surface area (Å²) in [6.45, 7) is 6.30. The summed E-state index contributed by atoms with van der Waals surface area (Å²) in [6.07, 6.45) is 0. The lowest BCUT2D eigenvalue weighted by Gasteiger charge is -2.09. The molecule has 0 aliphatic heterocycles. The second kappa shape index (κ2) is 8.40. The van der Waals surface area contributed by atoms with Crippen molar-refractivity contribution < 1.29 is 27.2 Å². The zero-order valence-corrected chi connectivity index (χ0v) is 16.5. The fraction of sp³-hybridized carbons (Fsp3) is 0.412. The van der Waals surface area contributed by atoms with E-state index in [1.165, 1.54) is 6.92 Å². The summed E-state index contributed by atoms with van der Waals surface area (Å²) in [5.74, 6) is 0.00254. The molecule has 2 aromatic rings. The molecular weight excluding hydrogens is 374 g/mol. The Kier molecular flexibility index (Phi) is 6.45. The molecule has 148 valence electrons. The summed E-state index contributed by atoms with van der Waals surface area (Å²) >= 11 is 0. The molecule has 0 fully saturated rings. The Balaban J connectivity index is 2.08. The van der Waals surface area contributed by atoms with Gasteiger partial charge in [0.2, 0.25) is 15.9 Å². The van der Waals surface area contributed by atoms with Gasteiger partial charge in [-0.15, -0.1) is 0 Å². The van der Waals surface area contributed by atoms with Crippen molar-refractivity contribution in [2.45, 2.75) is 39.1 Å². The molecule has 0 radical (unpaired) electrons. The maximum atomic E-state index is 12.6. The number of H-pyrrole nitrogens is 1. The minimum atomic E-state index is -4.10. The number of amides is 1. The van der Waals surface area contributed by atoms with E-state index in [1.54, 1.807) is 32.9 Å². The van der Waals surface area contributed by atoms with Crippen LogP contribution >= 0.6 is 0 Å². The number of furan rings is 1. The van der Waals surface area contributed by atoms with Crippen LogP contribution in [-0.2, 0) is 26.1 Å². The third kappa shape index (κ3) is 4.98. The average molecular weight is 397 g/mol. The van der Waals surface area contributed by atoms with E-state index in [-0.39, 0.29) is 29.3 Å². The number of nitrogens with one attached hydrogen (secondary N) is 3. The number of aromatic nitrogens is 1. The van der Waals surface area contributed by atoms with Crippen LogP contribution in [0.2, 0.25) is 0 Å². The summed E-state index contributed by atoms with van der Waals surface area (Å²) < 4.78 is 37.7. The van der Waals surface area contributed by atoms with Crippen LogP contribution in [0.3, 0.4) is 0 Å². The van der Waals surface area contributed by atoms with E-state index in [1.807, 2.05) is 0 Å². The summed E-state index contributed by atoms with van der Waals surface area (Å²) in [4.78, 5) is 26.7. The van der Waals surface area contributed by atoms with Gasteiger partial charge in [-0.3, -0.25) is 4.79 Å². The lowest BCUT2D eigenvalue weighted by Crippen LogP contribution is -2.37. The summed E-state index contributed by atoms with van der Waals surface area (Å²) in [5, 5.41) is 2.55. The zero-order chi connectivity index (χ0) is 20.2. The number of sulfonamides is 1. The summed E-state index contributed by atoms with van der Waals surface area (Å²) in [7, 11) is -4.10. The van der Waals surface area contributed by atoms with Crippen LogP contribution in [0.25, 0.3) is 0 Å². The molecule has 9 nitrogen and oxygen atoms in total. The fourth-order valence-corrected chi connectivity index (χ4v) is 4.03. The maximum Gasteiger partial charge on any atom is 0.341 e. The van der Waals surface area contributed by atoms with E-state index in [0.717, 1.165) is 0 Å². The molecule has 0 spiro atoms. The average Bonchev–Trinajstić information content (AvgIpc) is 3.14. The Bertz CT molecular complexity index is 942. The lowest BCUT2D eigenvalue weighted by atomic mass is 10.2. The minimum absolute atomic E-state index is 0.0617. The van der Waals surface area contributed by atoms with Crippen molar-refractivity contribution in [3.63, 3.8) is 0 Å². The quantitative estimate of drug-likeness (QED) is 0.576. The first-order valence-electron chi connectivity index (χ1n) is 8.33. The van der Waals surface area contributed by atoms with E-state index in [9.17, 15) is 18.0 Å². The van der Waals surface area contributed by atoms with E-state index in [2.05, 4.69) is 15.0 Å². The minimum Gasteiger partial charge on any atom is -0.465 e. The molecule has 0 atom stereocenters. The Morgan fingerprint density at radius 2 is 1.89 bits per heavy atom. The monoisotopic (exact) mass is 397 g/mol. The molecule has 3 N–H and O–H groups in total. The first-order chi connectivity index (χ1) is 12.7. The standard InChI is InChI=1S/C17H23N3O6S/c1-5-25-17(22)15-11(3)20-12(4)16(15)27(23,24)19-9-14(21)18-8-13-7-6-10(2)26-13/h6-7,19-20H,5,8-9H2,1-4H3,(H,18,21). The van der Waals surface area contributed by atoms with Crippen LogP contribution in [-0.4, -0.2) is 38.4 Å². The first-order valence-corrected chi connectivity index (χ1v) is 9.82. The van der Waals surface area contributed by atoms with Crippen LogP contribution in [0, 0.1) is 20.8 Å². The van der Waals surface area contributed by atoms with E-state index < -0.39 is 28.4 Å². The van der Waals surface area contributed by atoms with Crippen molar-refractivity contribution in [2.24, 2.45) is 0 Å². The van der Waals surface area contributed by atoms with Gasteiger partial charge in [-0.2, -0.15) is 0 Å². The van der Waals surface area contributed by atoms with Crippen molar-refractivity contribution in [3.05, 3.63) is 40.6 Å². The largest absolute Gasteiger partial charge is 0.465 e. The number of hydrogen-bond donors (Lipinski definition) is 3. The molecule has 0 unspecified atom stereocenters. The predicted octanol–water partition coefficient (Wildman–Crippen LogP) is 1.30. The number of rotatable bonds is 8. The molecular formula is C17H23N3O6S. The van der Waals surface area contributed by atoms with E-state index in [4.69, 9.17) is 9.15 Å². The zero-order valence-electron chi connectivity index (χ0n) is 15.6.